The summed E-state index contributed by atoms with van der Waals surface area (Å²) >= 11 is 1.02. The summed E-state index contributed by atoms with van der Waals surface area (Å²) in [5.41, 5.74) is 1.39. The normalized spacial score (nSPS) is 12.1. The van der Waals surface area contributed by atoms with E-state index >= 15 is 0 Å². The number of methoxy groups -OCH3 is 1. The zero-order chi connectivity index (χ0) is 24.4. The molecule has 0 N–H and O–H groups in total. The van der Waals surface area contributed by atoms with Gasteiger partial charge in [-0.05, 0) is 25.1 Å². The van der Waals surface area contributed by atoms with Crippen LogP contribution in [0.1, 0.15) is 22.3 Å². The molecule has 0 atom stereocenters. The number of carbonyl (C=O) groups is 1. The van der Waals surface area contributed by atoms with E-state index in [1.165, 1.54) is 30.5 Å². The number of hydrogen-bond acceptors (Lipinski definition) is 10. The van der Waals surface area contributed by atoms with Gasteiger partial charge in [0.2, 0.25) is 15.2 Å². The lowest BCUT2D eigenvalue weighted by Crippen LogP contribution is -2.14. The van der Waals surface area contributed by atoms with E-state index in [2.05, 4.69) is 15.3 Å². The highest BCUT2D eigenvalue weighted by molar-refractivity contribution is 7.10. The summed E-state index contributed by atoms with van der Waals surface area (Å²) in [6.07, 6.45) is 4.09. The molecule has 0 aliphatic heterocycles. The van der Waals surface area contributed by atoms with Gasteiger partial charge in [-0.1, -0.05) is 29.5 Å². The van der Waals surface area contributed by atoms with Crippen LogP contribution in [0.15, 0.2) is 78.8 Å². The highest BCUT2D eigenvalue weighted by Gasteiger charge is 2.17. The van der Waals surface area contributed by atoms with Crippen molar-refractivity contribution >= 4 is 45.5 Å². The Hall–Kier alpha value is -4.51. The summed E-state index contributed by atoms with van der Waals surface area (Å²) in [5, 5.41) is 13.6. The van der Waals surface area contributed by atoms with Gasteiger partial charge in [-0.3, -0.25) is 4.79 Å². The van der Waals surface area contributed by atoms with Gasteiger partial charge in [0.25, 0.3) is 0 Å². The van der Waals surface area contributed by atoms with Crippen LogP contribution < -0.4 is 15.0 Å². The molecule has 3 heterocycles. The molecule has 35 heavy (non-hydrogen) atoms. The molecule has 0 bridgehead atoms. The number of fused-ring (bicyclic) bond motifs is 2. The zero-order valence-corrected chi connectivity index (χ0v) is 19.4. The molecule has 5 aromatic rings. The average Bonchev–Trinajstić information content (AvgIpc) is 3.52. The van der Waals surface area contributed by atoms with E-state index in [9.17, 15) is 9.59 Å². The lowest BCUT2D eigenvalue weighted by Gasteiger charge is -2.06. The number of benzene rings is 2. The molecular weight excluding hydrogens is 472 g/mol. The largest absolute Gasteiger partial charge is 0.495 e. The molecule has 0 saturated heterocycles. The van der Waals surface area contributed by atoms with Crippen LogP contribution >= 0.6 is 11.3 Å². The van der Waals surface area contributed by atoms with E-state index in [1.54, 1.807) is 19.1 Å². The van der Waals surface area contributed by atoms with Crippen LogP contribution in [0.3, 0.4) is 0 Å². The van der Waals surface area contributed by atoms with Gasteiger partial charge in [-0.25, -0.2) is 9.48 Å². The number of para-hydroxylation sites is 1. The smallest absolute Gasteiger partial charge is 0.369 e. The molecule has 176 valence electrons. The first kappa shape index (κ1) is 22.3. The van der Waals surface area contributed by atoms with Gasteiger partial charge >= 0.3 is 5.97 Å². The molecule has 0 amide bonds. The molecule has 11 heteroatoms. The van der Waals surface area contributed by atoms with Crippen molar-refractivity contribution in [1.82, 2.24) is 9.78 Å². The molecule has 0 radical (unpaired) electrons. The maximum absolute atomic E-state index is 13.2. The van der Waals surface area contributed by atoms with Crippen LogP contribution in [-0.2, 0) is 4.74 Å². The Morgan fingerprint density at radius 1 is 1.20 bits per heavy atom. The van der Waals surface area contributed by atoms with Crippen molar-refractivity contribution in [3.8, 4) is 11.4 Å². The molecule has 5 rings (SSSR count). The highest BCUT2D eigenvalue weighted by atomic mass is 32.1. The number of rotatable bonds is 6. The number of esters is 1. The third-order valence-corrected chi connectivity index (χ3v) is 5.91. The Bertz CT molecular complexity index is 1690. The SMILES string of the molecule is CCOC(=O)c1nn(-c2ccccc2)/c(=N\N=C\c2coc3cc4occc4c(OC)c3c2=O)s1. The second-order valence-electron chi connectivity index (χ2n) is 7.14. The van der Waals surface area contributed by atoms with E-state index in [0.717, 1.165) is 11.3 Å². The summed E-state index contributed by atoms with van der Waals surface area (Å²) in [6.45, 7) is 1.94. The van der Waals surface area contributed by atoms with Crippen molar-refractivity contribution in [2.75, 3.05) is 13.7 Å². The molecule has 0 unspecified atom stereocenters. The lowest BCUT2D eigenvalue weighted by atomic mass is 10.1. The van der Waals surface area contributed by atoms with Crippen molar-refractivity contribution in [1.29, 1.82) is 0 Å². The van der Waals surface area contributed by atoms with Gasteiger partial charge in [-0.2, -0.15) is 5.10 Å². The van der Waals surface area contributed by atoms with Crippen molar-refractivity contribution in [3.05, 3.63) is 80.6 Å². The van der Waals surface area contributed by atoms with Gasteiger partial charge in [0.05, 0.1) is 42.8 Å². The van der Waals surface area contributed by atoms with Crippen LogP contribution in [0, 0.1) is 0 Å². The van der Waals surface area contributed by atoms with Gasteiger partial charge in [0.15, 0.2) is 0 Å². The number of carbonyl (C=O) groups excluding carboxylic acids is 1. The van der Waals surface area contributed by atoms with Crippen LogP contribution in [0.2, 0.25) is 0 Å². The van der Waals surface area contributed by atoms with Crippen molar-refractivity contribution in [3.63, 3.8) is 0 Å². The van der Waals surface area contributed by atoms with E-state index in [-0.39, 0.29) is 28.0 Å². The number of hydrogen-bond donors (Lipinski definition) is 0. The third kappa shape index (κ3) is 4.13. The highest BCUT2D eigenvalue weighted by Crippen LogP contribution is 2.33. The minimum absolute atomic E-state index is 0.128. The minimum atomic E-state index is -0.555. The van der Waals surface area contributed by atoms with Gasteiger partial charge < -0.3 is 18.3 Å². The van der Waals surface area contributed by atoms with Crippen LogP contribution in [0.5, 0.6) is 5.75 Å². The second-order valence-corrected chi connectivity index (χ2v) is 8.09. The number of nitrogens with zero attached hydrogens (tertiary/aromatic N) is 4. The van der Waals surface area contributed by atoms with Crippen LogP contribution in [-0.4, -0.2) is 35.7 Å². The summed E-state index contributed by atoms with van der Waals surface area (Å²) in [4.78, 5) is 25.7. The summed E-state index contributed by atoms with van der Waals surface area (Å²) in [7, 11) is 1.48. The van der Waals surface area contributed by atoms with Gasteiger partial charge in [0, 0.05) is 6.07 Å². The maximum Gasteiger partial charge on any atom is 0.369 e. The molecule has 2 aromatic carbocycles. The fourth-order valence-electron chi connectivity index (χ4n) is 3.49. The van der Waals surface area contributed by atoms with E-state index < -0.39 is 5.97 Å². The molecule has 0 spiro atoms. The molecule has 0 aliphatic carbocycles. The average molecular weight is 490 g/mol. The molecule has 0 saturated carbocycles. The Kier molecular flexibility index (Phi) is 5.98. The van der Waals surface area contributed by atoms with Gasteiger partial charge in [-0.15, -0.1) is 10.2 Å². The molecule has 3 aromatic heterocycles. The third-order valence-electron chi connectivity index (χ3n) is 5.03. The molecule has 0 aliphatic rings. The topological polar surface area (TPSA) is 121 Å². The van der Waals surface area contributed by atoms with Crippen molar-refractivity contribution < 1.29 is 23.1 Å². The summed E-state index contributed by atoms with van der Waals surface area (Å²) in [6, 6.07) is 12.5. The monoisotopic (exact) mass is 490 g/mol. The number of furan rings is 1. The minimum Gasteiger partial charge on any atom is -0.495 e. The molecule has 0 fully saturated rings. The number of aromatic nitrogens is 2. The van der Waals surface area contributed by atoms with Crippen LogP contribution in [0.25, 0.3) is 27.6 Å². The van der Waals surface area contributed by atoms with E-state index in [4.69, 9.17) is 18.3 Å². The van der Waals surface area contributed by atoms with Crippen LogP contribution in [0.4, 0.5) is 0 Å². The summed E-state index contributed by atoms with van der Waals surface area (Å²) < 4.78 is 23.1. The van der Waals surface area contributed by atoms with E-state index in [1.807, 2.05) is 30.3 Å². The number of ether oxygens (including phenoxy) is 2. The first-order chi connectivity index (χ1) is 17.1. The molecular formula is C24H18N4O6S. The lowest BCUT2D eigenvalue weighted by molar-refractivity contribution is 0.0524. The Balaban J connectivity index is 1.59. The maximum atomic E-state index is 13.2. The Morgan fingerprint density at radius 2 is 2.03 bits per heavy atom. The molecule has 10 nitrogen and oxygen atoms in total. The van der Waals surface area contributed by atoms with Crippen molar-refractivity contribution in [2.45, 2.75) is 6.92 Å². The Labute approximate surface area is 201 Å². The first-order valence-electron chi connectivity index (χ1n) is 10.5. The fraction of sp³-hybridized carbons (Fsp3) is 0.125. The Morgan fingerprint density at radius 3 is 2.80 bits per heavy atom. The predicted octanol–water partition coefficient (Wildman–Crippen LogP) is 3.91. The zero-order valence-electron chi connectivity index (χ0n) is 18.6. The van der Waals surface area contributed by atoms with Gasteiger partial charge in [0.1, 0.15) is 28.6 Å². The summed E-state index contributed by atoms with van der Waals surface area (Å²) in [5.74, 6) is -0.198. The standard InChI is InChI=1S/C24H18N4O6S/c1-3-32-23(30)22-27-28(15-7-5-4-6-8-15)24(35-22)26-25-12-14-13-34-18-11-17-16(9-10-33-17)21(31-2)19(18)20(14)29/h4-13H,3H2,1-2H3/b25-12+,26-24+. The first-order valence-corrected chi connectivity index (χ1v) is 11.3. The predicted molar refractivity (Wildman–Crippen MR) is 129 cm³/mol. The second kappa shape index (κ2) is 9.39. The van der Waals surface area contributed by atoms with Crippen molar-refractivity contribution in [2.24, 2.45) is 10.2 Å². The quantitative estimate of drug-likeness (QED) is 0.201. The van der Waals surface area contributed by atoms with E-state index in [0.29, 0.717) is 32.8 Å². The fourth-order valence-corrected chi connectivity index (χ4v) is 4.25.